The van der Waals surface area contributed by atoms with Crippen molar-refractivity contribution in [3.05, 3.63) is 29.0 Å². The maximum atomic E-state index is 13.4. The van der Waals surface area contributed by atoms with E-state index in [-0.39, 0.29) is 30.0 Å². The van der Waals surface area contributed by atoms with Crippen LogP contribution in [0.1, 0.15) is 13.3 Å². The zero-order valence-electron chi connectivity index (χ0n) is 9.69. The second-order valence-electron chi connectivity index (χ2n) is 3.71. The van der Waals surface area contributed by atoms with Crippen LogP contribution in [0.3, 0.4) is 0 Å². The molecule has 1 aromatic rings. The van der Waals surface area contributed by atoms with Crippen LogP contribution < -0.4 is 10.5 Å². The molecule has 0 aliphatic rings. The topological polar surface area (TPSA) is 72.2 Å². The number of hydrogen-bond donors (Lipinski definition) is 2. The average molecular weight is 317 g/mol. The van der Waals surface area contributed by atoms with E-state index in [1.165, 1.54) is 12.1 Å². The van der Waals surface area contributed by atoms with Crippen molar-refractivity contribution in [2.75, 3.05) is 6.54 Å². The molecule has 0 aliphatic heterocycles. The monoisotopic (exact) mass is 316 g/mol. The fraction of sp³-hybridized carbons (Fsp3) is 0.400. The minimum Gasteiger partial charge on any atom is -0.328 e. The van der Waals surface area contributed by atoms with E-state index < -0.39 is 20.7 Å². The molecule has 1 atom stereocenters. The number of sulfonamides is 1. The first-order valence-electron chi connectivity index (χ1n) is 5.04. The van der Waals surface area contributed by atoms with Crippen LogP contribution in [0.2, 0.25) is 5.02 Å². The summed E-state index contributed by atoms with van der Waals surface area (Å²) in [6.45, 7) is 1.90. The summed E-state index contributed by atoms with van der Waals surface area (Å²) in [5.41, 5.74) is 5.49. The highest BCUT2D eigenvalue weighted by molar-refractivity contribution is 7.89. The molecule has 0 saturated carbocycles. The van der Waals surface area contributed by atoms with Crippen LogP contribution in [0.5, 0.6) is 0 Å². The second kappa shape index (κ2) is 7.25. The van der Waals surface area contributed by atoms with Gasteiger partial charge in [0.1, 0.15) is 10.7 Å². The zero-order valence-corrected chi connectivity index (χ0v) is 12.1. The number of hydrogen-bond acceptors (Lipinski definition) is 3. The molecule has 0 bridgehead atoms. The molecule has 0 aliphatic carbocycles. The summed E-state index contributed by atoms with van der Waals surface area (Å²) in [5, 5.41) is -0.140. The molecule has 1 aromatic carbocycles. The molecule has 0 fully saturated rings. The van der Waals surface area contributed by atoms with Crippen molar-refractivity contribution in [3.63, 3.8) is 0 Å². The highest BCUT2D eigenvalue weighted by Crippen LogP contribution is 2.23. The number of halogens is 3. The lowest BCUT2D eigenvalue weighted by molar-refractivity contribution is 0.551. The van der Waals surface area contributed by atoms with Gasteiger partial charge in [0, 0.05) is 12.6 Å². The second-order valence-corrected chi connectivity index (χ2v) is 5.83. The Balaban J connectivity index is 0.00000289. The molecule has 3 N–H and O–H groups in total. The van der Waals surface area contributed by atoms with E-state index in [4.69, 9.17) is 17.3 Å². The van der Waals surface area contributed by atoms with E-state index in [1.807, 2.05) is 0 Å². The van der Waals surface area contributed by atoms with Gasteiger partial charge in [-0.05, 0) is 25.5 Å². The SMILES string of the molecule is CC(N)CCNS(=O)(=O)c1c(F)cccc1Cl.Cl. The molecule has 18 heavy (non-hydrogen) atoms. The van der Waals surface area contributed by atoms with Crippen LogP contribution in [0, 0.1) is 5.82 Å². The molecule has 0 aromatic heterocycles. The van der Waals surface area contributed by atoms with Gasteiger partial charge in [-0.2, -0.15) is 0 Å². The van der Waals surface area contributed by atoms with E-state index in [9.17, 15) is 12.8 Å². The van der Waals surface area contributed by atoms with Crippen molar-refractivity contribution in [1.29, 1.82) is 0 Å². The van der Waals surface area contributed by atoms with Gasteiger partial charge >= 0.3 is 0 Å². The number of nitrogens with two attached hydrogens (primary N) is 1. The van der Waals surface area contributed by atoms with Crippen LogP contribution in [-0.4, -0.2) is 21.0 Å². The fourth-order valence-corrected chi connectivity index (χ4v) is 2.88. The quantitative estimate of drug-likeness (QED) is 0.871. The lowest BCUT2D eigenvalue weighted by atomic mass is 10.3. The van der Waals surface area contributed by atoms with Gasteiger partial charge in [-0.3, -0.25) is 0 Å². The molecular weight excluding hydrogens is 302 g/mol. The average Bonchev–Trinajstić information content (AvgIpc) is 2.15. The predicted molar refractivity (Wildman–Crippen MR) is 72.1 cm³/mol. The number of benzene rings is 1. The van der Waals surface area contributed by atoms with Crippen molar-refractivity contribution in [2.45, 2.75) is 24.3 Å². The fourth-order valence-electron chi connectivity index (χ4n) is 1.23. The smallest absolute Gasteiger partial charge is 0.244 e. The summed E-state index contributed by atoms with van der Waals surface area (Å²) in [7, 11) is -3.93. The Morgan fingerprint density at radius 2 is 2.11 bits per heavy atom. The van der Waals surface area contributed by atoms with E-state index in [0.29, 0.717) is 6.42 Å². The van der Waals surface area contributed by atoms with Gasteiger partial charge in [0.15, 0.2) is 0 Å². The third-order valence-electron chi connectivity index (χ3n) is 2.08. The van der Waals surface area contributed by atoms with Gasteiger partial charge in [-0.15, -0.1) is 12.4 Å². The molecule has 0 spiro atoms. The van der Waals surface area contributed by atoms with E-state index in [0.717, 1.165) is 6.07 Å². The van der Waals surface area contributed by atoms with Gasteiger partial charge in [-0.1, -0.05) is 17.7 Å². The highest BCUT2D eigenvalue weighted by atomic mass is 35.5. The van der Waals surface area contributed by atoms with Crippen molar-refractivity contribution in [3.8, 4) is 0 Å². The summed E-state index contributed by atoms with van der Waals surface area (Å²) < 4.78 is 39.2. The Morgan fingerprint density at radius 1 is 1.50 bits per heavy atom. The molecule has 104 valence electrons. The molecule has 1 unspecified atom stereocenters. The molecule has 1 rings (SSSR count). The normalized spacial score (nSPS) is 12.9. The predicted octanol–water partition coefficient (Wildman–Crippen LogP) is 1.92. The Morgan fingerprint density at radius 3 is 2.61 bits per heavy atom. The van der Waals surface area contributed by atoms with E-state index >= 15 is 0 Å². The van der Waals surface area contributed by atoms with Crippen LogP contribution >= 0.6 is 24.0 Å². The first-order chi connectivity index (χ1) is 7.84. The number of nitrogens with one attached hydrogen (secondary N) is 1. The van der Waals surface area contributed by atoms with Crippen molar-refractivity contribution in [2.24, 2.45) is 5.73 Å². The molecule has 8 heteroatoms. The van der Waals surface area contributed by atoms with Crippen molar-refractivity contribution in [1.82, 2.24) is 4.72 Å². The van der Waals surface area contributed by atoms with Crippen LogP contribution in [0.25, 0.3) is 0 Å². The van der Waals surface area contributed by atoms with Crippen LogP contribution in [0.15, 0.2) is 23.1 Å². The summed E-state index contributed by atoms with van der Waals surface area (Å²) in [4.78, 5) is -0.522. The standard InChI is InChI=1S/C10H14ClFN2O2S.ClH/c1-7(13)5-6-14-17(15,16)10-8(11)3-2-4-9(10)12;/h2-4,7,14H,5-6,13H2,1H3;1H. The largest absolute Gasteiger partial charge is 0.328 e. The molecule has 0 radical (unpaired) electrons. The third kappa shape index (κ3) is 4.70. The Bertz CT molecular complexity index is 474. The minimum atomic E-state index is -3.93. The maximum absolute atomic E-state index is 13.4. The van der Waals surface area contributed by atoms with Gasteiger partial charge in [0.2, 0.25) is 10.0 Å². The molecular formula is C10H15Cl2FN2O2S. The van der Waals surface area contributed by atoms with E-state index in [2.05, 4.69) is 4.72 Å². The lowest BCUT2D eigenvalue weighted by Crippen LogP contribution is -2.29. The molecule has 4 nitrogen and oxygen atoms in total. The third-order valence-corrected chi connectivity index (χ3v) is 4.04. The highest BCUT2D eigenvalue weighted by Gasteiger charge is 2.21. The molecule has 0 heterocycles. The first kappa shape index (κ1) is 17.6. The van der Waals surface area contributed by atoms with Gasteiger partial charge < -0.3 is 5.73 Å². The minimum absolute atomic E-state index is 0. The van der Waals surface area contributed by atoms with Crippen molar-refractivity contribution >= 4 is 34.0 Å². The maximum Gasteiger partial charge on any atom is 0.244 e. The Labute approximate surface area is 117 Å². The summed E-state index contributed by atoms with van der Waals surface area (Å²) in [5.74, 6) is -0.870. The van der Waals surface area contributed by atoms with Gasteiger partial charge in [0.05, 0.1) is 5.02 Å². The Hall–Kier alpha value is -0.400. The summed E-state index contributed by atoms with van der Waals surface area (Å²) >= 11 is 5.67. The lowest BCUT2D eigenvalue weighted by Gasteiger charge is -2.10. The first-order valence-corrected chi connectivity index (χ1v) is 6.90. The molecule has 0 saturated heterocycles. The van der Waals surface area contributed by atoms with E-state index in [1.54, 1.807) is 6.92 Å². The van der Waals surface area contributed by atoms with Crippen molar-refractivity contribution < 1.29 is 12.8 Å². The number of rotatable bonds is 5. The molecule has 0 amide bonds. The van der Waals surface area contributed by atoms with Gasteiger partial charge in [-0.25, -0.2) is 17.5 Å². The van der Waals surface area contributed by atoms with Gasteiger partial charge in [0.25, 0.3) is 0 Å². The zero-order chi connectivity index (χ0) is 13.1. The van der Waals surface area contributed by atoms with Crippen LogP contribution in [-0.2, 0) is 10.0 Å². The summed E-state index contributed by atoms with van der Waals surface area (Å²) in [6, 6.07) is 3.59. The van der Waals surface area contributed by atoms with Crippen LogP contribution in [0.4, 0.5) is 4.39 Å². The Kier molecular flexibility index (Phi) is 7.09. The summed E-state index contributed by atoms with van der Waals surface area (Å²) in [6.07, 6.45) is 0.464.